The number of carbonyl (C=O) groups excluding carboxylic acids is 1. The molecule has 0 saturated carbocycles. The van der Waals surface area contributed by atoms with Crippen molar-refractivity contribution in [2.45, 2.75) is 25.7 Å². The molecule has 1 aromatic heterocycles. The molecule has 5 nitrogen and oxygen atoms in total. The summed E-state index contributed by atoms with van der Waals surface area (Å²) in [5, 5.41) is 4.03. The number of benzene rings is 2. The molecule has 0 radical (unpaired) electrons. The van der Waals surface area contributed by atoms with Gasteiger partial charge in [0.2, 0.25) is 5.91 Å². The van der Waals surface area contributed by atoms with E-state index in [2.05, 4.69) is 16.4 Å². The van der Waals surface area contributed by atoms with Gasteiger partial charge in [-0.1, -0.05) is 12.1 Å². The number of para-hydroxylation sites is 1. The number of thiazole rings is 1. The van der Waals surface area contributed by atoms with Crippen molar-refractivity contribution in [1.29, 1.82) is 0 Å². The molecule has 1 N–H and O–H groups in total. The quantitative estimate of drug-likeness (QED) is 0.586. The fraction of sp³-hybridized carbons (Fsp3) is 0.300. The molecule has 0 atom stereocenters. The van der Waals surface area contributed by atoms with E-state index in [4.69, 9.17) is 9.47 Å². The highest BCUT2D eigenvalue weighted by Crippen LogP contribution is 2.29. The van der Waals surface area contributed by atoms with Gasteiger partial charge in [-0.3, -0.25) is 4.79 Å². The Bertz CT molecular complexity index is 859. The molecule has 1 amide bonds. The lowest BCUT2D eigenvalue weighted by molar-refractivity contribution is -0.116. The molecule has 0 spiro atoms. The second-order valence-corrected chi connectivity index (χ2v) is 7.02. The van der Waals surface area contributed by atoms with Gasteiger partial charge < -0.3 is 14.8 Å². The van der Waals surface area contributed by atoms with Crippen LogP contribution in [0.1, 0.15) is 24.3 Å². The molecule has 0 fully saturated rings. The number of unbranched alkanes of at least 4 members (excludes halogenated alkanes) is 1. The molecule has 0 aliphatic carbocycles. The van der Waals surface area contributed by atoms with Crippen LogP contribution in [0, 0.1) is 0 Å². The SMILES string of the molecule is COc1ccc(NC(=O)CCCCc2nc3ccccc3s2)cc1OC. The first-order valence-electron chi connectivity index (χ1n) is 8.56. The van der Waals surface area contributed by atoms with E-state index < -0.39 is 0 Å². The Balaban J connectivity index is 1.45. The van der Waals surface area contributed by atoms with E-state index in [1.165, 1.54) is 4.70 Å². The van der Waals surface area contributed by atoms with Gasteiger partial charge in [0, 0.05) is 18.2 Å². The molecule has 0 unspecified atom stereocenters. The number of nitrogens with one attached hydrogen (secondary N) is 1. The zero-order chi connectivity index (χ0) is 18.4. The molecule has 136 valence electrons. The van der Waals surface area contributed by atoms with Crippen LogP contribution in [0.4, 0.5) is 5.69 Å². The second-order valence-electron chi connectivity index (χ2n) is 5.90. The minimum absolute atomic E-state index is 0.00141. The fourth-order valence-corrected chi connectivity index (χ4v) is 3.74. The number of nitrogens with zero attached hydrogens (tertiary/aromatic N) is 1. The van der Waals surface area contributed by atoms with Gasteiger partial charge in [0.05, 0.1) is 29.4 Å². The van der Waals surface area contributed by atoms with E-state index >= 15 is 0 Å². The molecule has 6 heteroatoms. The molecule has 0 aliphatic rings. The van der Waals surface area contributed by atoms with Crippen LogP contribution >= 0.6 is 11.3 Å². The Labute approximate surface area is 157 Å². The van der Waals surface area contributed by atoms with Gasteiger partial charge in [0.1, 0.15) is 0 Å². The van der Waals surface area contributed by atoms with Crippen molar-refractivity contribution in [2.75, 3.05) is 19.5 Å². The lowest BCUT2D eigenvalue weighted by Crippen LogP contribution is -2.11. The number of aromatic nitrogens is 1. The standard InChI is InChI=1S/C20H22N2O3S/c1-24-16-12-11-14(13-17(16)25-2)21-19(23)9-5-6-10-20-22-15-7-3-4-8-18(15)26-20/h3-4,7-8,11-13H,5-6,9-10H2,1-2H3,(H,21,23). The number of carbonyl (C=O) groups is 1. The summed E-state index contributed by atoms with van der Waals surface area (Å²) in [6.07, 6.45) is 3.16. The number of methoxy groups -OCH3 is 2. The predicted octanol–water partition coefficient (Wildman–Crippen LogP) is 4.67. The first-order chi connectivity index (χ1) is 12.7. The summed E-state index contributed by atoms with van der Waals surface area (Å²) in [6.45, 7) is 0. The largest absolute Gasteiger partial charge is 0.493 e. The van der Waals surface area contributed by atoms with Crippen LogP contribution in [0.15, 0.2) is 42.5 Å². The number of ether oxygens (including phenoxy) is 2. The molecule has 0 saturated heterocycles. The third kappa shape index (κ3) is 4.52. The molecule has 1 heterocycles. The molecule has 0 bridgehead atoms. The molecule has 26 heavy (non-hydrogen) atoms. The summed E-state index contributed by atoms with van der Waals surface area (Å²) < 4.78 is 11.7. The van der Waals surface area contributed by atoms with E-state index in [-0.39, 0.29) is 5.91 Å². The van der Waals surface area contributed by atoms with Gasteiger partial charge in [0.15, 0.2) is 11.5 Å². The number of hydrogen-bond acceptors (Lipinski definition) is 5. The third-order valence-electron chi connectivity index (χ3n) is 4.05. The van der Waals surface area contributed by atoms with Crippen LogP contribution in [0.3, 0.4) is 0 Å². The summed E-state index contributed by atoms with van der Waals surface area (Å²) >= 11 is 1.73. The number of hydrogen-bond donors (Lipinski definition) is 1. The van der Waals surface area contributed by atoms with E-state index in [0.717, 1.165) is 29.8 Å². The Hall–Kier alpha value is -2.60. The monoisotopic (exact) mass is 370 g/mol. The van der Waals surface area contributed by atoms with Gasteiger partial charge >= 0.3 is 0 Å². The number of fused-ring (bicyclic) bond motifs is 1. The van der Waals surface area contributed by atoms with Crippen LogP contribution in [0.25, 0.3) is 10.2 Å². The van der Waals surface area contributed by atoms with Crippen molar-refractivity contribution in [3.8, 4) is 11.5 Å². The lowest BCUT2D eigenvalue weighted by atomic mass is 10.2. The first-order valence-corrected chi connectivity index (χ1v) is 9.37. The van der Waals surface area contributed by atoms with Crippen molar-refractivity contribution in [3.63, 3.8) is 0 Å². The van der Waals surface area contributed by atoms with Crippen LogP contribution in [0.5, 0.6) is 11.5 Å². The Kier molecular flexibility index (Phi) is 6.07. The van der Waals surface area contributed by atoms with Crippen molar-refractivity contribution >= 4 is 33.1 Å². The predicted molar refractivity (Wildman–Crippen MR) is 105 cm³/mol. The normalized spacial score (nSPS) is 10.7. The van der Waals surface area contributed by atoms with Gasteiger partial charge in [-0.15, -0.1) is 11.3 Å². The highest BCUT2D eigenvalue weighted by Gasteiger charge is 2.08. The van der Waals surface area contributed by atoms with Gasteiger partial charge in [-0.2, -0.15) is 0 Å². The minimum atomic E-state index is 0.00141. The van der Waals surface area contributed by atoms with E-state index in [9.17, 15) is 4.79 Å². The maximum absolute atomic E-state index is 12.1. The summed E-state index contributed by atoms with van der Waals surface area (Å²) in [7, 11) is 3.16. The zero-order valence-corrected chi connectivity index (χ0v) is 15.8. The molecule has 2 aromatic carbocycles. The number of aryl methyl sites for hydroxylation is 1. The lowest BCUT2D eigenvalue weighted by Gasteiger charge is -2.10. The van der Waals surface area contributed by atoms with Crippen molar-refractivity contribution in [3.05, 3.63) is 47.5 Å². The first kappa shape index (κ1) is 18.2. The molecular formula is C20H22N2O3S. The zero-order valence-electron chi connectivity index (χ0n) is 15.0. The summed E-state index contributed by atoms with van der Waals surface area (Å²) in [5.41, 5.74) is 1.76. The molecule has 3 rings (SSSR count). The van der Waals surface area contributed by atoms with Crippen LogP contribution in [-0.2, 0) is 11.2 Å². The average molecular weight is 370 g/mol. The third-order valence-corrected chi connectivity index (χ3v) is 5.15. The fourth-order valence-electron chi connectivity index (χ4n) is 2.73. The average Bonchev–Trinajstić information content (AvgIpc) is 3.08. The summed E-state index contributed by atoms with van der Waals surface area (Å²) in [6, 6.07) is 13.5. The smallest absolute Gasteiger partial charge is 0.224 e. The van der Waals surface area contributed by atoms with Crippen LogP contribution in [0.2, 0.25) is 0 Å². The van der Waals surface area contributed by atoms with Crippen molar-refractivity contribution in [2.24, 2.45) is 0 Å². The number of amides is 1. The Morgan fingerprint density at radius 1 is 1.08 bits per heavy atom. The highest BCUT2D eigenvalue weighted by atomic mass is 32.1. The highest BCUT2D eigenvalue weighted by molar-refractivity contribution is 7.18. The van der Waals surface area contributed by atoms with E-state index in [1.54, 1.807) is 43.8 Å². The minimum Gasteiger partial charge on any atom is -0.493 e. The Morgan fingerprint density at radius 2 is 1.88 bits per heavy atom. The maximum atomic E-state index is 12.1. The van der Waals surface area contributed by atoms with Gasteiger partial charge in [0.25, 0.3) is 0 Å². The molecule has 0 aliphatic heterocycles. The Morgan fingerprint density at radius 3 is 2.65 bits per heavy atom. The summed E-state index contributed by atoms with van der Waals surface area (Å²) in [4.78, 5) is 16.7. The molecule has 3 aromatic rings. The number of anilines is 1. The molecular weight excluding hydrogens is 348 g/mol. The van der Waals surface area contributed by atoms with Gasteiger partial charge in [-0.25, -0.2) is 4.98 Å². The van der Waals surface area contributed by atoms with Crippen LogP contribution < -0.4 is 14.8 Å². The second kappa shape index (κ2) is 8.67. The van der Waals surface area contributed by atoms with Crippen molar-refractivity contribution < 1.29 is 14.3 Å². The van der Waals surface area contributed by atoms with Crippen molar-refractivity contribution in [1.82, 2.24) is 4.98 Å². The summed E-state index contributed by atoms with van der Waals surface area (Å²) in [5.74, 6) is 1.24. The van der Waals surface area contributed by atoms with Gasteiger partial charge in [-0.05, 0) is 43.5 Å². The topological polar surface area (TPSA) is 60.5 Å². The van der Waals surface area contributed by atoms with Crippen LogP contribution in [-0.4, -0.2) is 25.1 Å². The van der Waals surface area contributed by atoms with E-state index in [0.29, 0.717) is 23.6 Å². The van der Waals surface area contributed by atoms with E-state index in [1.807, 2.05) is 18.2 Å². The number of rotatable bonds is 8. The maximum Gasteiger partial charge on any atom is 0.224 e.